The van der Waals surface area contributed by atoms with Crippen molar-refractivity contribution >= 4 is 35.0 Å². The largest absolute Gasteiger partial charge is 0.481 e. The van der Waals surface area contributed by atoms with E-state index >= 15 is 0 Å². The van der Waals surface area contributed by atoms with Gasteiger partial charge < -0.3 is 20.7 Å². The zero-order valence-electron chi connectivity index (χ0n) is 26.7. The first-order valence-corrected chi connectivity index (χ1v) is 17.1. The SMILES string of the molecule is COc1nc(-c2cccc(-c3cccc(-c4ncc5c(n4)CCN(C[C@H]4CCC(=O)N4)C5)c3Cl)c2Cl)ccc1CNC[C@@H]1CCC(=O)N1. The molecule has 5 heterocycles. The van der Waals surface area contributed by atoms with Crippen LogP contribution < -0.4 is 20.7 Å². The molecule has 0 radical (unpaired) electrons. The van der Waals surface area contributed by atoms with Gasteiger partial charge in [0.05, 0.1) is 28.5 Å². The van der Waals surface area contributed by atoms with Gasteiger partial charge in [0.1, 0.15) is 0 Å². The molecular weight excluding hydrogens is 649 g/mol. The maximum atomic E-state index is 11.6. The molecule has 2 aromatic heterocycles. The van der Waals surface area contributed by atoms with E-state index in [0.29, 0.717) is 53.4 Å². The number of hydrogen-bond donors (Lipinski definition) is 3. The van der Waals surface area contributed by atoms with Gasteiger partial charge in [0.15, 0.2) is 5.82 Å². The molecule has 2 saturated heterocycles. The molecule has 248 valence electrons. The number of carbonyl (C=O) groups excluding carboxylic acids is 2. The molecule has 2 atom stereocenters. The van der Waals surface area contributed by atoms with Crippen molar-refractivity contribution < 1.29 is 14.3 Å². The molecule has 0 spiro atoms. The summed E-state index contributed by atoms with van der Waals surface area (Å²) >= 11 is 14.2. The summed E-state index contributed by atoms with van der Waals surface area (Å²) in [4.78, 5) is 40.0. The number of pyridine rings is 1. The number of nitrogens with one attached hydrogen (secondary N) is 3. The molecule has 0 saturated carbocycles. The van der Waals surface area contributed by atoms with Crippen molar-refractivity contribution in [1.82, 2.24) is 35.8 Å². The van der Waals surface area contributed by atoms with Gasteiger partial charge in [0, 0.05) is 104 Å². The Morgan fingerprint density at radius 2 is 1.56 bits per heavy atom. The smallest absolute Gasteiger partial charge is 0.220 e. The molecule has 0 aliphatic carbocycles. The predicted octanol–water partition coefficient (Wildman–Crippen LogP) is 5.19. The predicted molar refractivity (Wildman–Crippen MR) is 186 cm³/mol. The molecule has 0 unspecified atom stereocenters. The van der Waals surface area contributed by atoms with Crippen molar-refractivity contribution in [2.24, 2.45) is 0 Å². The van der Waals surface area contributed by atoms with Gasteiger partial charge in [-0.1, -0.05) is 59.6 Å². The van der Waals surface area contributed by atoms with Gasteiger partial charge >= 0.3 is 0 Å². The fraction of sp³-hybridized carbons (Fsp3) is 0.361. The number of aromatic nitrogens is 3. The van der Waals surface area contributed by atoms with Crippen molar-refractivity contribution in [3.05, 3.63) is 81.6 Å². The summed E-state index contributed by atoms with van der Waals surface area (Å²) in [6, 6.07) is 15.9. The van der Waals surface area contributed by atoms with E-state index in [9.17, 15) is 9.59 Å². The van der Waals surface area contributed by atoms with Gasteiger partial charge in [0.2, 0.25) is 17.7 Å². The number of methoxy groups -OCH3 is 1. The van der Waals surface area contributed by atoms with Crippen LogP contribution in [0, 0.1) is 0 Å². The highest BCUT2D eigenvalue weighted by molar-refractivity contribution is 6.39. The highest BCUT2D eigenvalue weighted by atomic mass is 35.5. The lowest BCUT2D eigenvalue weighted by Crippen LogP contribution is -2.41. The van der Waals surface area contributed by atoms with Gasteiger partial charge in [-0.3, -0.25) is 14.5 Å². The summed E-state index contributed by atoms with van der Waals surface area (Å²) in [5.74, 6) is 1.33. The molecule has 3 aliphatic heterocycles. The molecule has 2 aromatic carbocycles. The monoisotopic (exact) mass is 685 g/mol. The summed E-state index contributed by atoms with van der Waals surface area (Å²) < 4.78 is 5.65. The summed E-state index contributed by atoms with van der Waals surface area (Å²) in [6.07, 6.45) is 5.62. The second kappa shape index (κ2) is 14.2. The second-order valence-electron chi connectivity index (χ2n) is 12.6. The van der Waals surface area contributed by atoms with Crippen LogP contribution in [-0.2, 0) is 29.1 Å². The number of carbonyl (C=O) groups is 2. The molecule has 2 fully saturated rings. The van der Waals surface area contributed by atoms with Crippen molar-refractivity contribution in [1.29, 1.82) is 0 Å². The lowest BCUT2D eigenvalue weighted by atomic mass is 9.98. The van der Waals surface area contributed by atoms with Gasteiger partial charge in [-0.05, 0) is 25.0 Å². The molecule has 10 nitrogen and oxygen atoms in total. The molecule has 48 heavy (non-hydrogen) atoms. The quantitative estimate of drug-likeness (QED) is 0.209. The van der Waals surface area contributed by atoms with Crippen molar-refractivity contribution in [3.8, 4) is 39.7 Å². The van der Waals surface area contributed by atoms with Crippen LogP contribution in [0.5, 0.6) is 5.88 Å². The Morgan fingerprint density at radius 3 is 2.27 bits per heavy atom. The van der Waals surface area contributed by atoms with Crippen molar-refractivity contribution in [2.75, 3.05) is 26.7 Å². The standard InChI is InChI=1S/C36H37Cl2N7O3/c1-48-36-21(16-39-18-23-9-12-31(46)41-23)8-11-30(44-36)27-6-2-4-25(33(27)37)26-5-3-7-28(34(26)38)35-40-17-22-19-45(15-14-29(22)43-35)20-24-10-13-32(47)42-24/h2-8,11,17,23-24,39H,9-10,12-16,18-20H2,1H3,(H,41,46)(H,42,47)/t23-,24+/m0/s1. The molecule has 12 heteroatoms. The maximum absolute atomic E-state index is 11.6. The van der Waals surface area contributed by atoms with E-state index in [0.717, 1.165) is 78.0 Å². The lowest BCUT2D eigenvalue weighted by Gasteiger charge is -2.30. The zero-order chi connectivity index (χ0) is 33.2. The van der Waals surface area contributed by atoms with Crippen LogP contribution in [0.1, 0.15) is 42.5 Å². The van der Waals surface area contributed by atoms with Gasteiger partial charge in [0.25, 0.3) is 0 Å². The number of hydrogen-bond acceptors (Lipinski definition) is 8. The summed E-state index contributed by atoms with van der Waals surface area (Å²) in [5.41, 5.74) is 6.77. The van der Waals surface area contributed by atoms with E-state index in [4.69, 9.17) is 42.9 Å². The minimum absolute atomic E-state index is 0.102. The van der Waals surface area contributed by atoms with Crippen LogP contribution >= 0.6 is 23.2 Å². The van der Waals surface area contributed by atoms with Crippen LogP contribution in [0.15, 0.2) is 54.7 Å². The van der Waals surface area contributed by atoms with E-state index in [1.807, 2.05) is 54.7 Å². The van der Waals surface area contributed by atoms with Gasteiger partial charge in [-0.25, -0.2) is 15.0 Å². The van der Waals surface area contributed by atoms with Gasteiger partial charge in [-0.2, -0.15) is 0 Å². The highest BCUT2D eigenvalue weighted by Gasteiger charge is 2.27. The van der Waals surface area contributed by atoms with E-state index in [1.165, 1.54) is 0 Å². The average Bonchev–Trinajstić information content (AvgIpc) is 3.71. The number of nitrogens with zero attached hydrogens (tertiary/aromatic N) is 4. The first kappa shape index (κ1) is 32.5. The Hall–Kier alpha value is -4.09. The fourth-order valence-corrected chi connectivity index (χ4v) is 7.42. The van der Waals surface area contributed by atoms with Crippen LogP contribution in [-0.4, -0.2) is 70.5 Å². The number of ether oxygens (including phenoxy) is 1. The van der Waals surface area contributed by atoms with Crippen molar-refractivity contribution in [2.45, 2.75) is 57.3 Å². The lowest BCUT2D eigenvalue weighted by molar-refractivity contribution is -0.120. The molecule has 0 bridgehead atoms. The number of fused-ring (bicyclic) bond motifs is 1. The summed E-state index contributed by atoms with van der Waals surface area (Å²) in [7, 11) is 1.60. The third-order valence-corrected chi connectivity index (χ3v) is 10.1. The topological polar surface area (TPSA) is 121 Å². The molecule has 3 aliphatic rings. The van der Waals surface area contributed by atoms with Gasteiger partial charge in [-0.15, -0.1) is 0 Å². The van der Waals surface area contributed by atoms with Crippen molar-refractivity contribution in [3.63, 3.8) is 0 Å². The van der Waals surface area contributed by atoms with E-state index in [2.05, 4.69) is 20.9 Å². The minimum atomic E-state index is 0.102. The molecular formula is C36H37Cl2N7O3. The first-order chi connectivity index (χ1) is 23.4. The normalized spacial score (nSPS) is 19.2. The minimum Gasteiger partial charge on any atom is -0.481 e. The van der Waals surface area contributed by atoms with E-state index < -0.39 is 0 Å². The average molecular weight is 687 g/mol. The van der Waals surface area contributed by atoms with Crippen LogP contribution in [0.4, 0.5) is 0 Å². The first-order valence-electron chi connectivity index (χ1n) is 16.3. The molecule has 2 amide bonds. The maximum Gasteiger partial charge on any atom is 0.220 e. The van der Waals surface area contributed by atoms with Crippen LogP contribution in [0.3, 0.4) is 0 Å². The Labute approximate surface area is 289 Å². The van der Waals surface area contributed by atoms with Crippen LogP contribution in [0.25, 0.3) is 33.8 Å². The Kier molecular flexibility index (Phi) is 9.59. The second-order valence-corrected chi connectivity index (χ2v) is 13.3. The summed E-state index contributed by atoms with van der Waals surface area (Å²) in [6.45, 7) is 3.72. The molecule has 7 rings (SSSR count). The Morgan fingerprint density at radius 1 is 0.875 bits per heavy atom. The van der Waals surface area contributed by atoms with E-state index in [-0.39, 0.29) is 23.9 Å². The third-order valence-electron chi connectivity index (χ3n) is 9.30. The zero-order valence-corrected chi connectivity index (χ0v) is 28.2. The Balaban J connectivity index is 1.09. The number of halogens is 2. The number of rotatable bonds is 10. The third kappa shape index (κ3) is 6.89. The summed E-state index contributed by atoms with van der Waals surface area (Å²) in [5, 5.41) is 10.5. The molecule has 4 aromatic rings. The fourth-order valence-electron chi connectivity index (χ4n) is 6.78. The van der Waals surface area contributed by atoms with Crippen LogP contribution in [0.2, 0.25) is 10.0 Å². The number of benzene rings is 2. The number of amides is 2. The molecule has 3 N–H and O–H groups in total. The highest BCUT2D eigenvalue weighted by Crippen LogP contribution is 2.42. The van der Waals surface area contributed by atoms with E-state index in [1.54, 1.807) is 7.11 Å². The Bertz CT molecular complexity index is 1780.